The van der Waals surface area contributed by atoms with Gasteiger partial charge in [0.2, 0.25) is 5.91 Å². The highest BCUT2D eigenvalue weighted by molar-refractivity contribution is 5.90. The van der Waals surface area contributed by atoms with Crippen molar-refractivity contribution >= 4 is 28.7 Å². The van der Waals surface area contributed by atoms with Gasteiger partial charge in [-0.3, -0.25) is 4.79 Å². The Morgan fingerprint density at radius 1 is 1.05 bits per heavy atom. The first-order valence-corrected chi connectivity index (χ1v) is 13.1. The summed E-state index contributed by atoms with van der Waals surface area (Å²) in [5.74, 6) is 0.826. The molecule has 0 unspecified atom stereocenters. The molecule has 2 aliphatic rings. The maximum absolute atomic E-state index is 13.6. The third kappa shape index (κ3) is 5.47. The fraction of sp³-hybridized carbons (Fsp3) is 0.464. The van der Waals surface area contributed by atoms with Gasteiger partial charge in [0.1, 0.15) is 5.82 Å². The molecule has 1 aromatic heterocycles. The Morgan fingerprint density at radius 3 is 2.65 bits per heavy atom. The summed E-state index contributed by atoms with van der Waals surface area (Å²) in [6, 6.07) is 16.9. The molecular formula is C28H36N6O3. The molecule has 0 aliphatic carbocycles. The van der Waals surface area contributed by atoms with E-state index in [1.807, 2.05) is 53.4 Å². The first-order valence-electron chi connectivity index (χ1n) is 13.1. The van der Waals surface area contributed by atoms with Crippen LogP contribution in [0.3, 0.4) is 0 Å². The second-order valence-corrected chi connectivity index (χ2v) is 10.1. The van der Waals surface area contributed by atoms with E-state index in [0.717, 1.165) is 48.4 Å². The standard InChI is InChI=1S/C28H36N6O3/c1-37-16-8-15-34-25-13-6-5-12-24(25)31-26(34)20-9-7-14-32(17-20)27(35)22-18-33(19-23(22)29)28(36)30-21-10-3-2-4-11-21/h2-6,10-13,20,22-23H,7-9,14-19,29H2,1H3,(H,30,36)/t20-,22-,23-/m1/s1. The van der Waals surface area contributed by atoms with Gasteiger partial charge in [-0.1, -0.05) is 30.3 Å². The molecule has 0 spiro atoms. The highest BCUT2D eigenvalue weighted by Gasteiger charge is 2.41. The van der Waals surface area contributed by atoms with E-state index in [-0.39, 0.29) is 23.9 Å². The zero-order chi connectivity index (χ0) is 25.8. The molecule has 5 rings (SSSR count). The molecule has 0 saturated carbocycles. The number of aryl methyl sites for hydroxylation is 1. The lowest BCUT2D eigenvalue weighted by Crippen LogP contribution is -2.47. The molecule has 3 heterocycles. The second kappa shape index (κ2) is 11.3. The summed E-state index contributed by atoms with van der Waals surface area (Å²) >= 11 is 0. The number of hydrogen-bond acceptors (Lipinski definition) is 5. The molecule has 196 valence electrons. The van der Waals surface area contributed by atoms with Gasteiger partial charge in [0, 0.05) is 64.1 Å². The van der Waals surface area contributed by atoms with Crippen LogP contribution < -0.4 is 11.1 Å². The van der Waals surface area contributed by atoms with Crippen molar-refractivity contribution in [1.82, 2.24) is 19.4 Å². The molecule has 9 nitrogen and oxygen atoms in total. The molecule has 9 heteroatoms. The fourth-order valence-electron chi connectivity index (χ4n) is 5.61. The van der Waals surface area contributed by atoms with E-state index in [4.69, 9.17) is 15.5 Å². The Hall–Kier alpha value is -3.43. The predicted octanol–water partition coefficient (Wildman–Crippen LogP) is 3.27. The van der Waals surface area contributed by atoms with Gasteiger partial charge in [-0.15, -0.1) is 0 Å². The summed E-state index contributed by atoms with van der Waals surface area (Å²) in [4.78, 5) is 35.0. The summed E-state index contributed by atoms with van der Waals surface area (Å²) in [5.41, 5.74) is 9.23. The number of nitrogens with two attached hydrogens (primary N) is 1. The van der Waals surface area contributed by atoms with Gasteiger partial charge in [-0.2, -0.15) is 0 Å². The topological polar surface area (TPSA) is 106 Å². The molecular weight excluding hydrogens is 468 g/mol. The van der Waals surface area contributed by atoms with Crippen molar-refractivity contribution in [2.24, 2.45) is 11.7 Å². The second-order valence-electron chi connectivity index (χ2n) is 10.1. The number of fused-ring (bicyclic) bond motifs is 1. The Kier molecular flexibility index (Phi) is 7.71. The number of nitrogens with one attached hydrogen (secondary N) is 1. The Bertz CT molecular complexity index is 1230. The van der Waals surface area contributed by atoms with Crippen LogP contribution in [0.4, 0.5) is 10.5 Å². The Morgan fingerprint density at radius 2 is 1.84 bits per heavy atom. The van der Waals surface area contributed by atoms with Crippen LogP contribution >= 0.6 is 0 Å². The quantitative estimate of drug-likeness (QED) is 0.481. The minimum Gasteiger partial charge on any atom is -0.385 e. The minimum absolute atomic E-state index is 0.0363. The fourth-order valence-corrected chi connectivity index (χ4v) is 5.61. The number of amides is 3. The molecule has 3 N–H and O–H groups in total. The number of nitrogens with zero attached hydrogens (tertiary/aromatic N) is 4. The monoisotopic (exact) mass is 504 g/mol. The van der Waals surface area contributed by atoms with Crippen LogP contribution in [0.1, 0.15) is 31.0 Å². The zero-order valence-electron chi connectivity index (χ0n) is 21.4. The average molecular weight is 505 g/mol. The van der Waals surface area contributed by atoms with Crippen molar-refractivity contribution in [2.45, 2.75) is 37.8 Å². The summed E-state index contributed by atoms with van der Waals surface area (Å²) in [7, 11) is 1.72. The first kappa shape index (κ1) is 25.2. The van der Waals surface area contributed by atoms with Crippen LogP contribution in [0.2, 0.25) is 0 Å². The summed E-state index contributed by atoms with van der Waals surface area (Å²) < 4.78 is 7.58. The van der Waals surface area contributed by atoms with Gasteiger partial charge in [0.15, 0.2) is 0 Å². The molecule has 2 fully saturated rings. The number of anilines is 1. The van der Waals surface area contributed by atoms with Crippen molar-refractivity contribution in [1.29, 1.82) is 0 Å². The average Bonchev–Trinajstić information content (AvgIpc) is 3.50. The molecule has 2 aromatic carbocycles. The number of hydrogen-bond donors (Lipinski definition) is 2. The number of likely N-dealkylation sites (tertiary alicyclic amines) is 2. The first-order chi connectivity index (χ1) is 18.0. The smallest absolute Gasteiger partial charge is 0.321 e. The van der Waals surface area contributed by atoms with Crippen molar-refractivity contribution in [3.8, 4) is 0 Å². The highest BCUT2D eigenvalue weighted by Crippen LogP contribution is 2.31. The third-order valence-corrected chi connectivity index (χ3v) is 7.51. The Balaban J connectivity index is 1.27. The number of ether oxygens (including phenoxy) is 1. The van der Waals surface area contributed by atoms with Gasteiger partial charge >= 0.3 is 6.03 Å². The lowest BCUT2D eigenvalue weighted by Gasteiger charge is -2.35. The van der Waals surface area contributed by atoms with Crippen molar-refractivity contribution in [3.63, 3.8) is 0 Å². The summed E-state index contributed by atoms with van der Waals surface area (Å²) in [6.07, 6.45) is 2.80. The number of imidazole rings is 1. The molecule has 3 amide bonds. The molecule has 2 aliphatic heterocycles. The van der Waals surface area contributed by atoms with Crippen LogP contribution in [-0.4, -0.2) is 77.2 Å². The van der Waals surface area contributed by atoms with E-state index in [1.54, 1.807) is 12.0 Å². The molecule has 37 heavy (non-hydrogen) atoms. The van der Waals surface area contributed by atoms with Crippen molar-refractivity contribution < 1.29 is 14.3 Å². The van der Waals surface area contributed by atoms with Crippen molar-refractivity contribution in [2.75, 3.05) is 45.2 Å². The molecule has 0 bridgehead atoms. The van der Waals surface area contributed by atoms with Gasteiger partial charge < -0.3 is 30.2 Å². The normalized spacial score (nSPS) is 21.9. The van der Waals surface area contributed by atoms with E-state index in [9.17, 15) is 9.59 Å². The number of methoxy groups -OCH3 is 1. The van der Waals surface area contributed by atoms with Crippen LogP contribution in [-0.2, 0) is 16.1 Å². The number of piperidine rings is 1. The largest absolute Gasteiger partial charge is 0.385 e. The Labute approximate surface area is 217 Å². The van der Waals surface area contributed by atoms with Crippen LogP contribution in [0.5, 0.6) is 0 Å². The van der Waals surface area contributed by atoms with E-state index in [1.165, 1.54) is 0 Å². The SMILES string of the molecule is COCCCn1c([C@@H]2CCCN(C(=O)[C@@H]3CN(C(=O)Nc4ccccc4)C[C@H]3N)C2)nc2ccccc21. The maximum Gasteiger partial charge on any atom is 0.321 e. The minimum atomic E-state index is -0.402. The van der Waals surface area contributed by atoms with Crippen LogP contribution in [0.15, 0.2) is 54.6 Å². The molecule has 3 aromatic rings. The van der Waals surface area contributed by atoms with Crippen LogP contribution in [0, 0.1) is 5.92 Å². The lowest BCUT2D eigenvalue weighted by molar-refractivity contribution is -0.136. The number of aromatic nitrogens is 2. The third-order valence-electron chi connectivity index (χ3n) is 7.51. The van der Waals surface area contributed by atoms with E-state index < -0.39 is 5.92 Å². The number of benzene rings is 2. The lowest BCUT2D eigenvalue weighted by atomic mass is 9.94. The zero-order valence-corrected chi connectivity index (χ0v) is 21.4. The molecule has 0 radical (unpaired) electrons. The number of para-hydroxylation sites is 3. The molecule has 3 atom stereocenters. The predicted molar refractivity (Wildman–Crippen MR) is 143 cm³/mol. The van der Waals surface area contributed by atoms with Gasteiger partial charge in [-0.05, 0) is 43.5 Å². The van der Waals surface area contributed by atoms with Gasteiger partial charge in [-0.25, -0.2) is 9.78 Å². The number of rotatable bonds is 7. The number of carbonyl (C=O) groups is 2. The van der Waals surface area contributed by atoms with E-state index in [0.29, 0.717) is 32.8 Å². The van der Waals surface area contributed by atoms with E-state index >= 15 is 0 Å². The van der Waals surface area contributed by atoms with Crippen molar-refractivity contribution in [3.05, 3.63) is 60.4 Å². The summed E-state index contributed by atoms with van der Waals surface area (Å²) in [6.45, 7) is 3.53. The highest BCUT2D eigenvalue weighted by atomic mass is 16.5. The van der Waals surface area contributed by atoms with Gasteiger partial charge in [0.05, 0.1) is 17.0 Å². The maximum atomic E-state index is 13.6. The summed E-state index contributed by atoms with van der Waals surface area (Å²) in [5, 5.41) is 2.90. The number of urea groups is 1. The van der Waals surface area contributed by atoms with Crippen LogP contribution in [0.25, 0.3) is 11.0 Å². The molecule has 2 saturated heterocycles. The van der Waals surface area contributed by atoms with Gasteiger partial charge in [0.25, 0.3) is 0 Å². The number of carbonyl (C=O) groups excluding carboxylic acids is 2. The van der Waals surface area contributed by atoms with E-state index in [2.05, 4.69) is 16.0 Å².